The van der Waals surface area contributed by atoms with Gasteiger partial charge in [-0.25, -0.2) is 0 Å². The van der Waals surface area contributed by atoms with Crippen molar-refractivity contribution in [3.63, 3.8) is 0 Å². The molecule has 0 bridgehead atoms. The lowest BCUT2D eigenvalue weighted by Gasteiger charge is -2.35. The molecule has 1 aromatic carbocycles. The molecule has 3 nitrogen and oxygen atoms in total. The van der Waals surface area contributed by atoms with Gasteiger partial charge in [-0.3, -0.25) is 4.90 Å². The van der Waals surface area contributed by atoms with Gasteiger partial charge < -0.3 is 10.4 Å². The molecule has 1 fully saturated rings. The first-order valence-corrected chi connectivity index (χ1v) is 8.40. The predicted molar refractivity (Wildman–Crippen MR) is 101 cm³/mol. The van der Waals surface area contributed by atoms with Gasteiger partial charge in [0.2, 0.25) is 0 Å². The number of benzene rings is 1. The Morgan fingerprint density at radius 1 is 1.14 bits per heavy atom. The number of phenolic OH excluding ortho intramolecular Hbond substituents is 1. The molecule has 1 atom stereocenters. The number of nitrogens with one attached hydrogen (secondary N) is 1. The normalized spacial score (nSPS) is 16.4. The molecule has 0 radical (unpaired) electrons. The van der Waals surface area contributed by atoms with Crippen molar-refractivity contribution in [1.29, 1.82) is 0 Å². The Morgan fingerprint density at radius 2 is 1.86 bits per heavy atom. The minimum absolute atomic E-state index is 0. The molecule has 1 aromatic heterocycles. The van der Waals surface area contributed by atoms with Crippen LogP contribution in [0.25, 0.3) is 0 Å². The van der Waals surface area contributed by atoms with Gasteiger partial charge in [0.1, 0.15) is 5.75 Å². The summed E-state index contributed by atoms with van der Waals surface area (Å²) in [6.45, 7) is 3.98. The highest BCUT2D eigenvalue weighted by molar-refractivity contribution is 9.10. The molecule has 1 saturated heterocycles. The molecule has 0 unspecified atom stereocenters. The maximum atomic E-state index is 10.4. The van der Waals surface area contributed by atoms with Gasteiger partial charge in [0.15, 0.2) is 0 Å². The van der Waals surface area contributed by atoms with E-state index in [-0.39, 0.29) is 30.9 Å². The van der Waals surface area contributed by atoms with Crippen LogP contribution < -0.4 is 5.32 Å². The van der Waals surface area contributed by atoms with Crippen molar-refractivity contribution in [2.75, 3.05) is 26.2 Å². The monoisotopic (exact) mass is 424 g/mol. The molecule has 22 heavy (non-hydrogen) atoms. The zero-order valence-electron chi connectivity index (χ0n) is 11.9. The average Bonchev–Trinajstić information content (AvgIpc) is 2.99. The molecule has 1 aliphatic heterocycles. The molecule has 2 N–H and O–H groups in total. The molecule has 0 saturated carbocycles. The van der Waals surface area contributed by atoms with Crippen LogP contribution in [0, 0.1) is 0 Å². The van der Waals surface area contributed by atoms with Crippen molar-refractivity contribution in [3.8, 4) is 5.75 Å². The summed E-state index contributed by atoms with van der Waals surface area (Å²) >= 11 is 5.17. The Morgan fingerprint density at radius 3 is 2.50 bits per heavy atom. The molecular formula is C15H19BrCl2N2OS. The summed E-state index contributed by atoms with van der Waals surface area (Å²) in [5.74, 6) is 0.351. The lowest BCUT2D eigenvalue weighted by Crippen LogP contribution is -2.45. The molecule has 0 spiro atoms. The van der Waals surface area contributed by atoms with E-state index in [1.54, 1.807) is 11.3 Å². The fourth-order valence-corrected chi connectivity index (χ4v) is 3.93. The van der Waals surface area contributed by atoms with Gasteiger partial charge in [0.25, 0.3) is 0 Å². The van der Waals surface area contributed by atoms with Gasteiger partial charge >= 0.3 is 0 Å². The number of piperazine rings is 1. The second kappa shape index (κ2) is 9.11. The van der Waals surface area contributed by atoms with Crippen LogP contribution in [0.3, 0.4) is 0 Å². The molecule has 0 aliphatic carbocycles. The highest BCUT2D eigenvalue weighted by Crippen LogP contribution is 2.39. The van der Waals surface area contributed by atoms with Crippen LogP contribution in [0.5, 0.6) is 5.75 Å². The Labute approximate surface area is 155 Å². The van der Waals surface area contributed by atoms with Crippen molar-refractivity contribution >= 4 is 52.1 Å². The lowest BCUT2D eigenvalue weighted by molar-refractivity contribution is 0.198. The number of hydrogen-bond donors (Lipinski definition) is 2. The fraction of sp³-hybridized carbons (Fsp3) is 0.333. The maximum Gasteiger partial charge on any atom is 0.134 e. The van der Waals surface area contributed by atoms with Crippen LogP contribution in [0.2, 0.25) is 0 Å². The second-order valence-corrected chi connectivity index (χ2v) is 6.72. The van der Waals surface area contributed by atoms with Crippen molar-refractivity contribution in [2.24, 2.45) is 0 Å². The van der Waals surface area contributed by atoms with Crippen molar-refractivity contribution in [2.45, 2.75) is 6.04 Å². The van der Waals surface area contributed by atoms with Crippen LogP contribution >= 0.6 is 52.1 Å². The molecular weight excluding hydrogens is 407 g/mol. The van der Waals surface area contributed by atoms with E-state index in [9.17, 15) is 5.11 Å². The Kier molecular flexibility index (Phi) is 8.17. The topological polar surface area (TPSA) is 35.5 Å². The highest BCUT2D eigenvalue weighted by atomic mass is 79.9. The number of hydrogen-bond acceptors (Lipinski definition) is 4. The zero-order valence-corrected chi connectivity index (χ0v) is 15.9. The zero-order chi connectivity index (χ0) is 13.9. The Balaban J connectivity index is 0.00000121. The largest absolute Gasteiger partial charge is 0.506 e. The van der Waals surface area contributed by atoms with E-state index in [1.807, 2.05) is 18.2 Å². The van der Waals surface area contributed by atoms with E-state index in [4.69, 9.17) is 0 Å². The summed E-state index contributed by atoms with van der Waals surface area (Å²) < 4.78 is 0.756. The number of aromatic hydroxyl groups is 1. The lowest BCUT2D eigenvalue weighted by atomic mass is 10.0. The van der Waals surface area contributed by atoms with Crippen LogP contribution in [-0.4, -0.2) is 36.2 Å². The number of nitrogens with zero attached hydrogens (tertiary/aromatic N) is 1. The van der Waals surface area contributed by atoms with Crippen LogP contribution in [0.1, 0.15) is 16.5 Å². The van der Waals surface area contributed by atoms with Gasteiger partial charge in [0.05, 0.1) is 10.5 Å². The molecule has 0 amide bonds. The first kappa shape index (κ1) is 19.7. The number of halogens is 3. The Hall–Kier alpha value is -0.300. The third-order valence-corrected chi connectivity index (χ3v) is 5.21. The van der Waals surface area contributed by atoms with Gasteiger partial charge in [-0.15, -0.1) is 36.2 Å². The summed E-state index contributed by atoms with van der Waals surface area (Å²) in [5, 5.41) is 15.9. The molecule has 2 aromatic rings. The molecule has 3 rings (SSSR count). The molecule has 1 aliphatic rings. The Bertz CT molecular complexity index is 577. The fourth-order valence-electron chi connectivity index (χ4n) is 2.67. The quantitative estimate of drug-likeness (QED) is 0.778. The predicted octanol–water partition coefficient (Wildman–Crippen LogP) is 4.05. The highest BCUT2D eigenvalue weighted by Gasteiger charge is 2.27. The minimum atomic E-state index is 0. The SMILES string of the molecule is Cl.Cl.Oc1c(Br)cccc1[C@H](c1cccs1)N1CCNCC1. The second-order valence-electron chi connectivity index (χ2n) is 4.88. The van der Waals surface area contributed by atoms with Crippen LogP contribution in [0.4, 0.5) is 0 Å². The van der Waals surface area contributed by atoms with E-state index in [0.29, 0.717) is 5.75 Å². The van der Waals surface area contributed by atoms with Gasteiger partial charge in [0, 0.05) is 36.6 Å². The van der Waals surface area contributed by atoms with Crippen molar-refractivity contribution in [3.05, 3.63) is 50.6 Å². The minimum Gasteiger partial charge on any atom is -0.506 e. The first-order valence-electron chi connectivity index (χ1n) is 6.73. The van der Waals surface area contributed by atoms with E-state index >= 15 is 0 Å². The van der Waals surface area contributed by atoms with Gasteiger partial charge in [-0.2, -0.15) is 0 Å². The van der Waals surface area contributed by atoms with Gasteiger partial charge in [-0.05, 0) is 33.4 Å². The molecule has 7 heteroatoms. The third-order valence-electron chi connectivity index (χ3n) is 3.64. The average molecular weight is 426 g/mol. The summed E-state index contributed by atoms with van der Waals surface area (Å²) in [6.07, 6.45) is 0. The van der Waals surface area contributed by atoms with Gasteiger partial charge in [-0.1, -0.05) is 18.2 Å². The number of para-hydroxylation sites is 1. The van der Waals surface area contributed by atoms with Crippen LogP contribution in [-0.2, 0) is 0 Å². The van der Waals surface area contributed by atoms with E-state index in [1.165, 1.54) is 4.88 Å². The van der Waals surface area contributed by atoms with Crippen molar-refractivity contribution in [1.82, 2.24) is 10.2 Å². The number of rotatable bonds is 3. The van der Waals surface area contributed by atoms with E-state index < -0.39 is 0 Å². The smallest absolute Gasteiger partial charge is 0.134 e. The summed E-state index contributed by atoms with van der Waals surface area (Å²) in [7, 11) is 0. The molecule has 2 heterocycles. The number of thiophene rings is 1. The van der Waals surface area contributed by atoms with E-state index in [2.05, 4.69) is 43.7 Å². The van der Waals surface area contributed by atoms with Crippen LogP contribution in [0.15, 0.2) is 40.2 Å². The third kappa shape index (κ3) is 4.16. The summed E-state index contributed by atoms with van der Waals surface area (Å²) in [4.78, 5) is 3.71. The maximum absolute atomic E-state index is 10.4. The standard InChI is InChI=1S/C15H17BrN2OS.2ClH/c16-12-4-1-3-11(15(12)19)14(13-5-2-10-20-13)18-8-6-17-7-9-18;;/h1-5,10,14,17,19H,6-9H2;2*1H/t14-;;/m1../s1. The summed E-state index contributed by atoms with van der Waals surface area (Å²) in [6, 6.07) is 10.2. The summed E-state index contributed by atoms with van der Waals surface area (Å²) in [5.41, 5.74) is 0.976. The van der Waals surface area contributed by atoms with Crippen molar-refractivity contribution < 1.29 is 5.11 Å². The molecule has 122 valence electrons. The van der Waals surface area contributed by atoms with E-state index in [0.717, 1.165) is 36.2 Å². The number of phenols is 1. The first-order chi connectivity index (χ1) is 9.77.